The highest BCUT2D eigenvalue weighted by molar-refractivity contribution is 5.76. The molecule has 5 heteroatoms. The van der Waals surface area contributed by atoms with E-state index in [9.17, 15) is 5.26 Å². The van der Waals surface area contributed by atoms with Gasteiger partial charge in [-0.3, -0.25) is 0 Å². The van der Waals surface area contributed by atoms with Crippen LogP contribution in [0.5, 0.6) is 5.75 Å². The summed E-state index contributed by atoms with van der Waals surface area (Å²) in [6, 6.07) is 6.63. The number of fused-ring (bicyclic) bond motifs is 3. The minimum absolute atomic E-state index is 0.463. The van der Waals surface area contributed by atoms with E-state index in [4.69, 9.17) is 4.74 Å². The molecule has 1 saturated heterocycles. The lowest BCUT2D eigenvalue weighted by atomic mass is 10.1. The Balaban J connectivity index is 2.04. The Hall–Kier alpha value is -2.22. The van der Waals surface area contributed by atoms with Crippen molar-refractivity contribution in [3.05, 3.63) is 17.7 Å². The Labute approximate surface area is 119 Å². The highest BCUT2D eigenvalue weighted by Crippen LogP contribution is 2.43. The first kappa shape index (κ1) is 12.8. The first-order valence-electron chi connectivity index (χ1n) is 6.88. The van der Waals surface area contributed by atoms with E-state index in [-0.39, 0.29) is 0 Å². The van der Waals surface area contributed by atoms with Crippen LogP contribution in [0.3, 0.4) is 0 Å². The Bertz CT molecular complexity index is 588. The monoisotopic (exact) mass is 270 g/mol. The van der Waals surface area contributed by atoms with E-state index in [1.165, 1.54) is 12.8 Å². The van der Waals surface area contributed by atoms with E-state index < -0.39 is 0 Å². The number of benzene rings is 1. The molecule has 0 N–H and O–H groups in total. The van der Waals surface area contributed by atoms with Crippen LogP contribution in [0, 0.1) is 11.3 Å². The zero-order valence-electron chi connectivity index (χ0n) is 11.8. The standard InChI is InChI=1S/C15H18N4O/c1-18(2)10-17-13-5-6-14-15(12(13)8-16)20-9-11-4-3-7-19(11)14/h5-6,10-11H,3-4,7,9H2,1-2H3/b17-10+/t11-/m1/s1. The Morgan fingerprint density at radius 2 is 2.35 bits per heavy atom. The zero-order valence-corrected chi connectivity index (χ0v) is 11.8. The molecule has 1 aromatic rings. The van der Waals surface area contributed by atoms with Crippen LogP contribution < -0.4 is 9.64 Å². The summed E-state index contributed by atoms with van der Waals surface area (Å²) in [5, 5.41) is 9.44. The van der Waals surface area contributed by atoms with Crippen molar-refractivity contribution < 1.29 is 4.74 Å². The number of nitrogens with zero attached hydrogens (tertiary/aromatic N) is 4. The maximum Gasteiger partial charge on any atom is 0.162 e. The van der Waals surface area contributed by atoms with Gasteiger partial charge in [-0.25, -0.2) is 4.99 Å². The van der Waals surface area contributed by atoms with Crippen molar-refractivity contribution in [3.63, 3.8) is 0 Å². The number of aliphatic imine (C=N–C) groups is 1. The SMILES string of the molecule is CN(C)/C=N/c1ccc2c(c1C#N)OC[C@H]1CCCN21. The minimum atomic E-state index is 0.463. The average Bonchev–Trinajstić information content (AvgIpc) is 2.92. The maximum absolute atomic E-state index is 9.44. The van der Waals surface area contributed by atoms with Crippen LogP contribution in [0.1, 0.15) is 18.4 Å². The van der Waals surface area contributed by atoms with Gasteiger partial charge in [0.15, 0.2) is 5.75 Å². The van der Waals surface area contributed by atoms with Crippen molar-refractivity contribution in [3.8, 4) is 11.8 Å². The highest BCUT2D eigenvalue weighted by atomic mass is 16.5. The molecule has 0 aliphatic carbocycles. The topological polar surface area (TPSA) is 51.9 Å². The van der Waals surface area contributed by atoms with Crippen LogP contribution in [-0.2, 0) is 0 Å². The lowest BCUT2D eigenvalue weighted by molar-refractivity contribution is 0.271. The quantitative estimate of drug-likeness (QED) is 0.610. The second-order valence-corrected chi connectivity index (χ2v) is 5.43. The zero-order chi connectivity index (χ0) is 14.1. The molecule has 2 aliphatic heterocycles. The van der Waals surface area contributed by atoms with Gasteiger partial charge >= 0.3 is 0 Å². The number of rotatable bonds is 2. The molecule has 104 valence electrons. The molecule has 0 bridgehead atoms. The molecule has 0 spiro atoms. The summed E-state index contributed by atoms with van der Waals surface area (Å²) in [6.07, 6.45) is 4.06. The second-order valence-electron chi connectivity index (χ2n) is 5.43. The molecule has 1 aromatic carbocycles. The molecule has 2 aliphatic rings. The summed E-state index contributed by atoms with van der Waals surface area (Å²) in [5.74, 6) is 0.694. The fraction of sp³-hybridized carbons (Fsp3) is 0.467. The lowest BCUT2D eigenvalue weighted by Crippen LogP contribution is -2.38. The highest BCUT2D eigenvalue weighted by Gasteiger charge is 2.33. The predicted molar refractivity (Wildman–Crippen MR) is 78.9 cm³/mol. The summed E-state index contributed by atoms with van der Waals surface area (Å²) >= 11 is 0. The molecule has 1 atom stereocenters. The fourth-order valence-electron chi connectivity index (χ4n) is 2.83. The lowest BCUT2D eigenvalue weighted by Gasteiger charge is -2.34. The van der Waals surface area contributed by atoms with E-state index in [0.29, 0.717) is 29.6 Å². The maximum atomic E-state index is 9.44. The van der Waals surface area contributed by atoms with Gasteiger partial charge in [-0.05, 0) is 25.0 Å². The van der Waals surface area contributed by atoms with Gasteiger partial charge in [0.05, 0.1) is 23.8 Å². The van der Waals surface area contributed by atoms with E-state index in [1.807, 2.05) is 31.1 Å². The summed E-state index contributed by atoms with van der Waals surface area (Å²) in [5.41, 5.74) is 2.24. The number of nitriles is 1. The molecule has 3 rings (SSSR count). The van der Waals surface area contributed by atoms with Crippen LogP contribution in [-0.4, -0.2) is 44.5 Å². The molecular formula is C15H18N4O. The Morgan fingerprint density at radius 1 is 1.50 bits per heavy atom. The van der Waals surface area contributed by atoms with Crippen LogP contribution >= 0.6 is 0 Å². The molecule has 5 nitrogen and oxygen atoms in total. The van der Waals surface area contributed by atoms with Crippen LogP contribution in [0.25, 0.3) is 0 Å². The smallest absolute Gasteiger partial charge is 0.162 e. The summed E-state index contributed by atoms with van der Waals surface area (Å²) < 4.78 is 5.86. The number of hydrogen-bond donors (Lipinski definition) is 0. The predicted octanol–water partition coefficient (Wildman–Crippen LogP) is 2.14. The molecule has 20 heavy (non-hydrogen) atoms. The number of ether oxygens (including phenoxy) is 1. The van der Waals surface area contributed by atoms with Crippen molar-refractivity contribution in [2.24, 2.45) is 4.99 Å². The van der Waals surface area contributed by atoms with Crippen LogP contribution in [0.2, 0.25) is 0 Å². The van der Waals surface area contributed by atoms with E-state index in [1.54, 1.807) is 6.34 Å². The van der Waals surface area contributed by atoms with Gasteiger partial charge in [0.1, 0.15) is 18.2 Å². The molecule has 0 aromatic heterocycles. The molecule has 0 radical (unpaired) electrons. The largest absolute Gasteiger partial charge is 0.488 e. The first-order valence-corrected chi connectivity index (χ1v) is 6.88. The third kappa shape index (κ3) is 2.07. The van der Waals surface area contributed by atoms with Crippen molar-refractivity contribution in [2.75, 3.05) is 32.1 Å². The Kier molecular flexibility index (Phi) is 3.23. The van der Waals surface area contributed by atoms with Crippen molar-refractivity contribution in [2.45, 2.75) is 18.9 Å². The van der Waals surface area contributed by atoms with Crippen LogP contribution in [0.4, 0.5) is 11.4 Å². The van der Waals surface area contributed by atoms with Gasteiger partial charge < -0.3 is 14.5 Å². The van der Waals surface area contributed by atoms with Gasteiger partial charge in [0.2, 0.25) is 0 Å². The first-order chi connectivity index (χ1) is 9.70. The third-order valence-electron chi connectivity index (χ3n) is 3.76. The minimum Gasteiger partial charge on any atom is -0.488 e. The van der Waals surface area contributed by atoms with Gasteiger partial charge in [-0.1, -0.05) is 0 Å². The second kappa shape index (κ2) is 5.04. The Morgan fingerprint density at radius 3 is 3.10 bits per heavy atom. The summed E-state index contributed by atoms with van der Waals surface area (Å²) in [6.45, 7) is 1.72. The van der Waals surface area contributed by atoms with Crippen molar-refractivity contribution in [1.29, 1.82) is 5.26 Å². The molecule has 0 amide bonds. The molecule has 2 heterocycles. The fourth-order valence-corrected chi connectivity index (χ4v) is 2.83. The number of anilines is 1. The molecule has 0 unspecified atom stereocenters. The normalized spacial score (nSPS) is 20.2. The third-order valence-corrected chi connectivity index (χ3v) is 3.76. The number of hydrogen-bond acceptors (Lipinski definition) is 4. The van der Waals surface area contributed by atoms with Gasteiger partial charge in [-0.2, -0.15) is 5.26 Å². The van der Waals surface area contributed by atoms with Crippen molar-refractivity contribution in [1.82, 2.24) is 4.90 Å². The molecule has 1 fully saturated rings. The average molecular weight is 270 g/mol. The van der Waals surface area contributed by atoms with E-state index in [0.717, 1.165) is 12.2 Å². The summed E-state index contributed by atoms with van der Waals surface area (Å²) in [7, 11) is 3.80. The van der Waals surface area contributed by atoms with Gasteiger partial charge in [0, 0.05) is 20.6 Å². The molecule has 0 saturated carbocycles. The van der Waals surface area contributed by atoms with Crippen LogP contribution in [0.15, 0.2) is 17.1 Å². The van der Waals surface area contributed by atoms with E-state index in [2.05, 4.69) is 16.0 Å². The van der Waals surface area contributed by atoms with E-state index >= 15 is 0 Å². The summed E-state index contributed by atoms with van der Waals surface area (Å²) in [4.78, 5) is 8.56. The van der Waals surface area contributed by atoms with Crippen molar-refractivity contribution >= 4 is 17.7 Å². The van der Waals surface area contributed by atoms with Gasteiger partial charge in [0.25, 0.3) is 0 Å². The molecular weight excluding hydrogens is 252 g/mol. The van der Waals surface area contributed by atoms with Gasteiger partial charge in [-0.15, -0.1) is 0 Å².